The average Bonchev–Trinajstić information content (AvgIpc) is 2.31. The van der Waals surface area contributed by atoms with Gasteiger partial charge in [0.2, 0.25) is 0 Å². The molecule has 1 fully saturated rings. The van der Waals surface area contributed by atoms with Gasteiger partial charge in [0.25, 0.3) is 0 Å². The zero-order chi connectivity index (χ0) is 13.3. The third-order valence-corrected chi connectivity index (χ3v) is 4.60. The molecule has 0 spiro atoms. The number of aliphatic hydroxyl groups is 1. The normalized spacial score (nSPS) is 21.8. The van der Waals surface area contributed by atoms with Crippen molar-refractivity contribution < 1.29 is 9.50 Å². The van der Waals surface area contributed by atoms with Gasteiger partial charge in [-0.3, -0.25) is 0 Å². The molecule has 1 N–H and O–H groups in total. The van der Waals surface area contributed by atoms with Gasteiger partial charge in [-0.05, 0) is 55.2 Å². The van der Waals surface area contributed by atoms with Gasteiger partial charge in [-0.15, -0.1) is 0 Å². The van der Waals surface area contributed by atoms with Crippen molar-refractivity contribution in [2.24, 2.45) is 11.3 Å². The van der Waals surface area contributed by atoms with Crippen molar-refractivity contribution in [2.45, 2.75) is 45.6 Å². The van der Waals surface area contributed by atoms with Crippen LogP contribution in [-0.2, 0) is 0 Å². The van der Waals surface area contributed by atoms with E-state index in [9.17, 15) is 9.50 Å². The highest BCUT2D eigenvalue weighted by molar-refractivity contribution is 9.10. The van der Waals surface area contributed by atoms with Crippen LogP contribution in [0, 0.1) is 17.2 Å². The standard InChI is InChI=1S/C15H20BrFO/c1-15(2)7-5-10(6-8-15)14(18)12-9-11(16)3-4-13(12)17/h3-4,9-10,14,18H,5-8H2,1-2H3. The summed E-state index contributed by atoms with van der Waals surface area (Å²) in [6.45, 7) is 4.52. The molecule has 0 aromatic heterocycles. The molecule has 1 aliphatic rings. The van der Waals surface area contributed by atoms with Crippen LogP contribution < -0.4 is 0 Å². The van der Waals surface area contributed by atoms with E-state index in [0.717, 1.165) is 30.2 Å². The first-order valence-electron chi connectivity index (χ1n) is 6.52. The zero-order valence-corrected chi connectivity index (χ0v) is 12.5. The maximum absolute atomic E-state index is 13.7. The fourth-order valence-corrected chi connectivity index (χ4v) is 3.11. The second kappa shape index (κ2) is 5.30. The molecule has 0 aliphatic heterocycles. The predicted octanol–water partition coefficient (Wildman–Crippen LogP) is 4.84. The van der Waals surface area contributed by atoms with E-state index in [1.54, 1.807) is 12.1 Å². The highest BCUT2D eigenvalue weighted by Gasteiger charge is 2.32. The van der Waals surface area contributed by atoms with Gasteiger partial charge in [-0.1, -0.05) is 29.8 Å². The van der Waals surface area contributed by atoms with Crippen molar-refractivity contribution in [1.29, 1.82) is 0 Å². The summed E-state index contributed by atoms with van der Waals surface area (Å²) in [5.74, 6) is -0.127. The van der Waals surface area contributed by atoms with Gasteiger partial charge in [0.1, 0.15) is 5.82 Å². The van der Waals surface area contributed by atoms with Crippen molar-refractivity contribution >= 4 is 15.9 Å². The average molecular weight is 315 g/mol. The van der Waals surface area contributed by atoms with Crippen LogP contribution in [-0.4, -0.2) is 5.11 Å². The largest absolute Gasteiger partial charge is 0.388 e. The molecule has 1 nitrogen and oxygen atoms in total. The smallest absolute Gasteiger partial charge is 0.129 e. The molecule has 2 rings (SSSR count). The molecular formula is C15H20BrFO. The van der Waals surface area contributed by atoms with Gasteiger partial charge in [0.05, 0.1) is 6.10 Å². The van der Waals surface area contributed by atoms with Crippen LogP contribution in [0.25, 0.3) is 0 Å². The Balaban J connectivity index is 2.12. The van der Waals surface area contributed by atoms with Crippen LogP contribution in [0.4, 0.5) is 4.39 Å². The molecule has 100 valence electrons. The lowest BCUT2D eigenvalue weighted by atomic mass is 9.71. The summed E-state index contributed by atoms with van der Waals surface area (Å²) in [6, 6.07) is 4.77. The fraction of sp³-hybridized carbons (Fsp3) is 0.600. The Morgan fingerprint density at radius 1 is 1.33 bits per heavy atom. The molecule has 0 saturated heterocycles. The Kier molecular flexibility index (Phi) is 4.12. The van der Waals surface area contributed by atoms with Gasteiger partial charge in [0, 0.05) is 10.0 Å². The van der Waals surface area contributed by atoms with E-state index in [2.05, 4.69) is 29.8 Å². The molecule has 3 heteroatoms. The molecule has 1 saturated carbocycles. The van der Waals surface area contributed by atoms with Crippen LogP contribution in [0.5, 0.6) is 0 Å². The van der Waals surface area contributed by atoms with Crippen LogP contribution in [0.15, 0.2) is 22.7 Å². The number of aliphatic hydroxyl groups excluding tert-OH is 1. The lowest BCUT2D eigenvalue weighted by Crippen LogP contribution is -2.25. The SMILES string of the molecule is CC1(C)CCC(C(O)c2cc(Br)ccc2F)CC1. The monoisotopic (exact) mass is 314 g/mol. The third kappa shape index (κ3) is 3.12. The van der Waals surface area contributed by atoms with Gasteiger partial charge in [-0.2, -0.15) is 0 Å². The number of halogens is 2. The minimum absolute atomic E-state index is 0.182. The Hall–Kier alpha value is -0.410. The molecule has 0 heterocycles. The minimum atomic E-state index is -0.682. The highest BCUT2D eigenvalue weighted by atomic mass is 79.9. The first-order valence-corrected chi connectivity index (χ1v) is 7.31. The van der Waals surface area contributed by atoms with E-state index in [4.69, 9.17) is 0 Å². The van der Waals surface area contributed by atoms with Gasteiger partial charge >= 0.3 is 0 Å². The molecule has 1 atom stereocenters. The quantitative estimate of drug-likeness (QED) is 0.828. The van der Waals surface area contributed by atoms with Gasteiger partial charge in [-0.25, -0.2) is 4.39 Å². The lowest BCUT2D eigenvalue weighted by Gasteiger charge is -2.36. The zero-order valence-electron chi connectivity index (χ0n) is 10.9. The summed E-state index contributed by atoms with van der Waals surface area (Å²) < 4.78 is 14.6. The summed E-state index contributed by atoms with van der Waals surface area (Å²) in [6.07, 6.45) is 3.47. The van der Waals surface area contributed by atoms with Crippen molar-refractivity contribution in [3.8, 4) is 0 Å². The third-order valence-electron chi connectivity index (χ3n) is 4.11. The second-order valence-corrected chi connectivity index (χ2v) is 7.03. The molecule has 1 aliphatic carbocycles. The maximum atomic E-state index is 13.7. The number of hydrogen-bond donors (Lipinski definition) is 1. The molecule has 1 unspecified atom stereocenters. The van der Waals surface area contributed by atoms with Crippen molar-refractivity contribution in [1.82, 2.24) is 0 Å². The summed E-state index contributed by atoms with van der Waals surface area (Å²) >= 11 is 3.33. The van der Waals surface area contributed by atoms with Crippen molar-refractivity contribution in [2.75, 3.05) is 0 Å². The predicted molar refractivity (Wildman–Crippen MR) is 74.8 cm³/mol. The Morgan fingerprint density at radius 2 is 1.94 bits per heavy atom. The topological polar surface area (TPSA) is 20.2 Å². The van der Waals surface area contributed by atoms with Crippen molar-refractivity contribution in [3.63, 3.8) is 0 Å². The van der Waals surface area contributed by atoms with Crippen LogP contribution in [0.1, 0.15) is 51.2 Å². The Labute approximate surface area is 117 Å². The summed E-state index contributed by atoms with van der Waals surface area (Å²) in [7, 11) is 0. The Bertz CT molecular complexity index is 421. The van der Waals surface area contributed by atoms with E-state index >= 15 is 0 Å². The van der Waals surface area contributed by atoms with Crippen LogP contribution in [0.3, 0.4) is 0 Å². The molecular weight excluding hydrogens is 295 g/mol. The number of rotatable bonds is 2. The highest BCUT2D eigenvalue weighted by Crippen LogP contribution is 2.43. The second-order valence-electron chi connectivity index (χ2n) is 6.11. The summed E-state index contributed by atoms with van der Waals surface area (Å²) in [5, 5.41) is 10.4. The summed E-state index contributed by atoms with van der Waals surface area (Å²) in [4.78, 5) is 0. The number of hydrogen-bond acceptors (Lipinski definition) is 1. The molecule has 18 heavy (non-hydrogen) atoms. The van der Waals surface area contributed by atoms with Crippen molar-refractivity contribution in [3.05, 3.63) is 34.1 Å². The van der Waals surface area contributed by atoms with Crippen LogP contribution in [0.2, 0.25) is 0 Å². The molecule has 1 aromatic rings. The van der Waals surface area contributed by atoms with E-state index in [1.165, 1.54) is 6.07 Å². The van der Waals surface area contributed by atoms with E-state index in [0.29, 0.717) is 11.0 Å². The van der Waals surface area contributed by atoms with Gasteiger partial charge < -0.3 is 5.11 Å². The van der Waals surface area contributed by atoms with Gasteiger partial charge in [0.15, 0.2) is 0 Å². The van der Waals surface area contributed by atoms with E-state index in [1.807, 2.05) is 0 Å². The minimum Gasteiger partial charge on any atom is -0.388 e. The fourth-order valence-electron chi connectivity index (χ4n) is 2.73. The van der Waals surface area contributed by atoms with Crippen LogP contribution >= 0.6 is 15.9 Å². The number of benzene rings is 1. The molecule has 0 amide bonds. The van der Waals surface area contributed by atoms with E-state index in [-0.39, 0.29) is 11.7 Å². The molecule has 1 aromatic carbocycles. The maximum Gasteiger partial charge on any atom is 0.129 e. The molecule has 0 bridgehead atoms. The Morgan fingerprint density at radius 3 is 2.56 bits per heavy atom. The summed E-state index contributed by atoms with van der Waals surface area (Å²) in [5.41, 5.74) is 0.792. The lowest BCUT2D eigenvalue weighted by molar-refractivity contribution is 0.0543. The first kappa shape index (κ1) is 14.0. The first-order chi connectivity index (χ1) is 8.39. The van der Waals surface area contributed by atoms with E-state index < -0.39 is 6.10 Å². The molecule has 0 radical (unpaired) electrons.